The highest BCUT2D eigenvalue weighted by Crippen LogP contribution is 2.19. The first-order valence-corrected chi connectivity index (χ1v) is 5.36. The van der Waals surface area contributed by atoms with Gasteiger partial charge < -0.3 is 20.5 Å². The SMILES string of the molecule is CN(C)c1cccc(OCC(N)CC(=O)O)c1. The van der Waals surface area contributed by atoms with Crippen molar-refractivity contribution in [2.24, 2.45) is 5.73 Å². The van der Waals surface area contributed by atoms with Crippen molar-refractivity contribution in [2.45, 2.75) is 12.5 Å². The van der Waals surface area contributed by atoms with Gasteiger partial charge in [0.1, 0.15) is 12.4 Å². The average Bonchev–Trinajstić information content (AvgIpc) is 2.26. The molecule has 0 aliphatic heterocycles. The predicted molar refractivity (Wildman–Crippen MR) is 66.5 cm³/mol. The maximum Gasteiger partial charge on any atom is 0.305 e. The Bertz CT molecular complexity index is 380. The first-order chi connectivity index (χ1) is 7.99. The summed E-state index contributed by atoms with van der Waals surface area (Å²) in [5.74, 6) is -0.222. The van der Waals surface area contributed by atoms with Gasteiger partial charge in [-0.1, -0.05) is 6.07 Å². The van der Waals surface area contributed by atoms with E-state index >= 15 is 0 Å². The molecule has 0 bridgehead atoms. The van der Waals surface area contributed by atoms with E-state index in [0.29, 0.717) is 5.75 Å². The monoisotopic (exact) mass is 238 g/mol. The van der Waals surface area contributed by atoms with Gasteiger partial charge in [0.2, 0.25) is 0 Å². The van der Waals surface area contributed by atoms with Crippen LogP contribution in [0, 0.1) is 0 Å². The molecule has 1 aromatic rings. The highest BCUT2D eigenvalue weighted by Gasteiger charge is 2.08. The van der Waals surface area contributed by atoms with Crippen molar-refractivity contribution in [1.82, 2.24) is 0 Å². The van der Waals surface area contributed by atoms with Gasteiger partial charge in [0.05, 0.1) is 6.42 Å². The van der Waals surface area contributed by atoms with Crippen LogP contribution in [0.2, 0.25) is 0 Å². The molecule has 0 spiro atoms. The van der Waals surface area contributed by atoms with Crippen molar-refractivity contribution in [1.29, 1.82) is 0 Å². The lowest BCUT2D eigenvalue weighted by Crippen LogP contribution is -2.30. The van der Waals surface area contributed by atoms with E-state index in [9.17, 15) is 4.79 Å². The van der Waals surface area contributed by atoms with Gasteiger partial charge in [-0.25, -0.2) is 0 Å². The van der Waals surface area contributed by atoms with E-state index in [4.69, 9.17) is 15.6 Å². The number of aliphatic carboxylic acids is 1. The van der Waals surface area contributed by atoms with Gasteiger partial charge in [-0.05, 0) is 12.1 Å². The Morgan fingerprint density at radius 2 is 2.24 bits per heavy atom. The zero-order valence-corrected chi connectivity index (χ0v) is 10.1. The Hall–Kier alpha value is -1.75. The van der Waals surface area contributed by atoms with Crippen LogP contribution in [-0.4, -0.2) is 37.8 Å². The molecule has 1 unspecified atom stereocenters. The third kappa shape index (κ3) is 4.74. The largest absolute Gasteiger partial charge is 0.492 e. The Labute approximate surface area is 101 Å². The van der Waals surface area contributed by atoms with Crippen molar-refractivity contribution in [3.63, 3.8) is 0 Å². The lowest BCUT2D eigenvalue weighted by Gasteiger charge is -2.15. The first-order valence-electron chi connectivity index (χ1n) is 5.36. The molecule has 5 nitrogen and oxygen atoms in total. The summed E-state index contributed by atoms with van der Waals surface area (Å²) in [4.78, 5) is 12.4. The molecule has 1 aromatic carbocycles. The Kier molecular flexibility index (Phi) is 4.78. The number of hydrogen-bond acceptors (Lipinski definition) is 4. The van der Waals surface area contributed by atoms with Crippen LogP contribution in [-0.2, 0) is 4.79 Å². The average molecular weight is 238 g/mol. The summed E-state index contributed by atoms with van der Waals surface area (Å²) in [6.07, 6.45) is -0.0899. The zero-order chi connectivity index (χ0) is 12.8. The lowest BCUT2D eigenvalue weighted by atomic mass is 10.2. The summed E-state index contributed by atoms with van der Waals surface area (Å²) >= 11 is 0. The number of carboxylic acid groups (broad SMARTS) is 1. The topological polar surface area (TPSA) is 75.8 Å². The number of rotatable bonds is 6. The van der Waals surface area contributed by atoms with E-state index in [0.717, 1.165) is 5.69 Å². The second-order valence-corrected chi connectivity index (χ2v) is 4.06. The van der Waals surface area contributed by atoms with Crippen LogP contribution in [0.15, 0.2) is 24.3 Å². The van der Waals surface area contributed by atoms with Gasteiger partial charge in [-0.15, -0.1) is 0 Å². The molecule has 0 aliphatic carbocycles. The molecule has 5 heteroatoms. The smallest absolute Gasteiger partial charge is 0.305 e. The van der Waals surface area contributed by atoms with E-state index in [1.54, 1.807) is 0 Å². The van der Waals surface area contributed by atoms with Gasteiger partial charge >= 0.3 is 5.97 Å². The number of anilines is 1. The molecule has 17 heavy (non-hydrogen) atoms. The minimum absolute atomic E-state index is 0.0899. The maximum absolute atomic E-state index is 10.4. The molecule has 0 saturated carbocycles. The van der Waals surface area contributed by atoms with E-state index in [-0.39, 0.29) is 13.0 Å². The number of carboxylic acids is 1. The van der Waals surface area contributed by atoms with E-state index in [1.165, 1.54) is 0 Å². The molecule has 1 rings (SSSR count). The first kappa shape index (κ1) is 13.3. The lowest BCUT2D eigenvalue weighted by molar-refractivity contribution is -0.137. The summed E-state index contributed by atoms with van der Waals surface area (Å²) < 4.78 is 5.44. The van der Waals surface area contributed by atoms with E-state index in [1.807, 2.05) is 43.3 Å². The number of hydrogen-bond donors (Lipinski definition) is 2. The van der Waals surface area contributed by atoms with Gasteiger partial charge in [-0.3, -0.25) is 4.79 Å². The van der Waals surface area contributed by atoms with Crippen LogP contribution in [0.25, 0.3) is 0 Å². The molecule has 0 heterocycles. The number of benzene rings is 1. The molecule has 0 aromatic heterocycles. The minimum atomic E-state index is -0.914. The maximum atomic E-state index is 10.4. The van der Waals surface area contributed by atoms with Crippen LogP contribution in [0.1, 0.15) is 6.42 Å². The van der Waals surface area contributed by atoms with Crippen LogP contribution >= 0.6 is 0 Å². The van der Waals surface area contributed by atoms with Crippen LogP contribution in [0.3, 0.4) is 0 Å². The number of carbonyl (C=O) groups is 1. The van der Waals surface area contributed by atoms with Gasteiger partial charge in [0.25, 0.3) is 0 Å². The fourth-order valence-corrected chi connectivity index (χ4v) is 1.34. The van der Waals surface area contributed by atoms with Crippen molar-refractivity contribution >= 4 is 11.7 Å². The summed E-state index contributed by atoms with van der Waals surface area (Å²) in [7, 11) is 3.88. The van der Waals surface area contributed by atoms with Gasteiger partial charge in [0, 0.05) is 31.9 Å². The second kappa shape index (κ2) is 6.10. The molecule has 94 valence electrons. The highest BCUT2D eigenvalue weighted by atomic mass is 16.5. The number of nitrogens with two attached hydrogens (primary N) is 1. The standard InChI is InChI=1S/C12H18N2O3/c1-14(2)10-4-3-5-11(7-10)17-8-9(13)6-12(15)16/h3-5,7,9H,6,8,13H2,1-2H3,(H,15,16). The normalized spacial score (nSPS) is 11.9. The second-order valence-electron chi connectivity index (χ2n) is 4.06. The predicted octanol–water partition coefficient (Wildman–Crippen LogP) is 0.933. The number of ether oxygens (including phenoxy) is 1. The van der Waals surface area contributed by atoms with Crippen molar-refractivity contribution in [3.8, 4) is 5.75 Å². The fraction of sp³-hybridized carbons (Fsp3) is 0.417. The summed E-state index contributed by atoms with van der Waals surface area (Å²) in [6, 6.07) is 7.06. The fourth-order valence-electron chi connectivity index (χ4n) is 1.34. The van der Waals surface area contributed by atoms with Crippen LogP contribution in [0.4, 0.5) is 5.69 Å². The summed E-state index contributed by atoms with van der Waals surface area (Å²) in [5.41, 5.74) is 6.63. The highest BCUT2D eigenvalue weighted by molar-refractivity contribution is 5.67. The molecular weight excluding hydrogens is 220 g/mol. The van der Waals surface area contributed by atoms with Gasteiger partial charge in [0.15, 0.2) is 0 Å². The quantitative estimate of drug-likeness (QED) is 0.771. The molecule has 0 amide bonds. The Morgan fingerprint density at radius 1 is 1.53 bits per heavy atom. The van der Waals surface area contributed by atoms with Crippen molar-refractivity contribution in [2.75, 3.05) is 25.6 Å². The molecular formula is C12H18N2O3. The number of nitrogens with zero attached hydrogens (tertiary/aromatic N) is 1. The molecule has 0 saturated heterocycles. The Morgan fingerprint density at radius 3 is 2.82 bits per heavy atom. The van der Waals surface area contributed by atoms with Crippen molar-refractivity contribution in [3.05, 3.63) is 24.3 Å². The minimum Gasteiger partial charge on any atom is -0.492 e. The Balaban J connectivity index is 2.51. The van der Waals surface area contributed by atoms with Gasteiger partial charge in [-0.2, -0.15) is 0 Å². The molecule has 0 radical (unpaired) electrons. The molecule has 0 fully saturated rings. The summed E-state index contributed by atoms with van der Waals surface area (Å²) in [5, 5.41) is 8.56. The third-order valence-corrected chi connectivity index (χ3v) is 2.23. The molecule has 0 aliphatic rings. The zero-order valence-electron chi connectivity index (χ0n) is 10.1. The van der Waals surface area contributed by atoms with Crippen molar-refractivity contribution < 1.29 is 14.6 Å². The van der Waals surface area contributed by atoms with E-state index in [2.05, 4.69) is 0 Å². The molecule has 3 N–H and O–H groups in total. The van der Waals surface area contributed by atoms with Crippen LogP contribution < -0.4 is 15.4 Å². The van der Waals surface area contributed by atoms with Crippen LogP contribution in [0.5, 0.6) is 5.75 Å². The third-order valence-electron chi connectivity index (χ3n) is 2.23. The van der Waals surface area contributed by atoms with E-state index < -0.39 is 12.0 Å². The summed E-state index contributed by atoms with van der Waals surface area (Å²) in [6.45, 7) is 0.198. The molecule has 1 atom stereocenters.